The molecule has 1 heterocycles. The van der Waals surface area contributed by atoms with Gasteiger partial charge in [0.25, 0.3) is 6.35 Å². The number of hydrogen-bond acceptors (Lipinski definition) is 5. The third kappa shape index (κ3) is 3.98. The number of nitrogens with zero attached hydrogens (tertiary/aromatic N) is 3. The first-order chi connectivity index (χ1) is 10.6. The smallest absolute Gasteiger partial charge is 0.269 e. The number of hydrogen-bond donors (Lipinski definition) is 1. The molecule has 1 aromatic rings. The first kappa shape index (κ1) is 16.3. The van der Waals surface area contributed by atoms with E-state index in [1.165, 1.54) is 6.40 Å². The summed E-state index contributed by atoms with van der Waals surface area (Å²) in [5.41, 5.74) is 3.84. The number of benzene rings is 1. The highest BCUT2D eigenvalue weighted by atomic mass is 16.5. The lowest BCUT2D eigenvalue weighted by molar-refractivity contribution is -0.143. The summed E-state index contributed by atoms with van der Waals surface area (Å²) in [6.45, 7) is 3.31. The summed E-state index contributed by atoms with van der Waals surface area (Å²) >= 11 is 0. The molecule has 0 fully saturated rings. The topological polar surface area (TPSA) is 57.2 Å². The third-order valence-corrected chi connectivity index (χ3v) is 3.51. The summed E-state index contributed by atoms with van der Waals surface area (Å²) < 4.78 is 5.37. The number of rotatable bonds is 7. The molecule has 120 valence electrons. The number of hydrazone groups is 1. The molecule has 2 unspecified atom stereocenters. The van der Waals surface area contributed by atoms with Crippen LogP contribution in [0.5, 0.6) is 0 Å². The molecule has 0 bridgehead atoms. The van der Waals surface area contributed by atoms with Crippen LogP contribution in [0.4, 0.5) is 0 Å². The van der Waals surface area contributed by atoms with Gasteiger partial charge < -0.3 is 9.64 Å². The third-order valence-electron chi connectivity index (χ3n) is 3.51. The van der Waals surface area contributed by atoms with Crippen LogP contribution in [0.25, 0.3) is 0 Å². The van der Waals surface area contributed by atoms with E-state index in [4.69, 9.17) is 4.74 Å². The van der Waals surface area contributed by atoms with E-state index in [1.54, 1.807) is 4.90 Å². The molecule has 1 amide bonds. The lowest BCUT2D eigenvalue weighted by Crippen LogP contribution is -2.49. The van der Waals surface area contributed by atoms with Crippen LogP contribution < -0.4 is 5.43 Å². The molecular weight excluding hydrogens is 280 g/mol. The van der Waals surface area contributed by atoms with Gasteiger partial charge in [-0.05, 0) is 26.1 Å². The molecule has 0 saturated carbocycles. The van der Waals surface area contributed by atoms with Crippen LogP contribution in [0.15, 0.2) is 35.4 Å². The largest absolute Gasteiger partial charge is 0.439 e. The molecule has 0 aliphatic carbocycles. The molecule has 1 aliphatic rings. The number of ether oxygens (including phenoxy) is 1. The van der Waals surface area contributed by atoms with Gasteiger partial charge in [-0.25, -0.2) is 0 Å². The Balaban J connectivity index is 2.22. The number of likely N-dealkylation sites (N-methyl/N-ethyl adjacent to an activating group) is 1. The molecule has 0 saturated heterocycles. The van der Waals surface area contributed by atoms with Gasteiger partial charge in [0.15, 0.2) is 6.40 Å². The second-order valence-electron chi connectivity index (χ2n) is 5.61. The Hall–Kier alpha value is -2.08. The molecule has 6 nitrogen and oxygen atoms in total. The highest BCUT2D eigenvalue weighted by Crippen LogP contribution is 2.21. The Bertz CT molecular complexity index is 496. The molecule has 2 atom stereocenters. The minimum absolute atomic E-state index is 0.0461. The van der Waals surface area contributed by atoms with E-state index in [0.29, 0.717) is 13.1 Å². The quantitative estimate of drug-likeness (QED) is 0.827. The molecule has 2 rings (SSSR count). The van der Waals surface area contributed by atoms with E-state index >= 15 is 0 Å². The molecule has 1 N–H and O–H groups in total. The standard InChI is InChI=1S/C16H24N4O2/c1-4-10-20(16-18-17-12-22-16)15(21)14(11-19(2)3)13-8-6-5-7-9-13/h5-9,12,14,16,18H,4,10-11H2,1-3H3. The van der Waals surface area contributed by atoms with Crippen molar-refractivity contribution in [2.24, 2.45) is 5.10 Å². The lowest BCUT2D eigenvalue weighted by Gasteiger charge is -2.31. The minimum atomic E-state index is -0.513. The zero-order valence-electron chi connectivity index (χ0n) is 13.4. The Labute approximate surface area is 131 Å². The summed E-state index contributed by atoms with van der Waals surface area (Å²) in [7, 11) is 3.95. The van der Waals surface area contributed by atoms with Crippen molar-refractivity contribution < 1.29 is 9.53 Å². The predicted octanol–water partition coefficient (Wildman–Crippen LogP) is 1.42. The van der Waals surface area contributed by atoms with Gasteiger partial charge in [0.2, 0.25) is 5.91 Å². The zero-order valence-corrected chi connectivity index (χ0v) is 13.4. The van der Waals surface area contributed by atoms with Gasteiger partial charge >= 0.3 is 0 Å². The lowest BCUT2D eigenvalue weighted by atomic mass is 9.97. The number of carbonyl (C=O) groups excluding carboxylic acids is 1. The molecule has 1 aromatic carbocycles. The zero-order chi connectivity index (χ0) is 15.9. The van der Waals surface area contributed by atoms with E-state index in [0.717, 1.165) is 12.0 Å². The van der Waals surface area contributed by atoms with Crippen LogP contribution in [0.3, 0.4) is 0 Å². The van der Waals surface area contributed by atoms with Crippen LogP contribution >= 0.6 is 0 Å². The normalized spacial score (nSPS) is 17.9. The number of amides is 1. The maximum atomic E-state index is 13.1. The molecular formula is C16H24N4O2. The molecule has 6 heteroatoms. The Morgan fingerprint density at radius 2 is 2.09 bits per heavy atom. The molecule has 1 aliphatic heterocycles. The van der Waals surface area contributed by atoms with Crippen LogP contribution in [0.1, 0.15) is 24.8 Å². The van der Waals surface area contributed by atoms with Gasteiger partial charge in [0, 0.05) is 13.1 Å². The van der Waals surface area contributed by atoms with Gasteiger partial charge in [-0.1, -0.05) is 37.3 Å². The fourth-order valence-electron chi connectivity index (χ4n) is 2.52. The Morgan fingerprint density at radius 3 is 2.64 bits per heavy atom. The molecule has 0 spiro atoms. The highest BCUT2D eigenvalue weighted by Gasteiger charge is 2.32. The van der Waals surface area contributed by atoms with Crippen molar-refractivity contribution in [3.05, 3.63) is 35.9 Å². The fraction of sp³-hybridized carbons (Fsp3) is 0.500. The summed E-state index contributed by atoms with van der Waals surface area (Å²) in [5, 5.41) is 3.84. The Morgan fingerprint density at radius 1 is 1.36 bits per heavy atom. The highest BCUT2D eigenvalue weighted by molar-refractivity contribution is 5.84. The van der Waals surface area contributed by atoms with Gasteiger partial charge in [-0.3, -0.25) is 15.1 Å². The van der Waals surface area contributed by atoms with E-state index in [2.05, 4.69) is 10.5 Å². The first-order valence-corrected chi connectivity index (χ1v) is 7.56. The van der Waals surface area contributed by atoms with Gasteiger partial charge in [0.1, 0.15) is 0 Å². The monoisotopic (exact) mass is 304 g/mol. The average Bonchev–Trinajstić information content (AvgIpc) is 3.04. The fourth-order valence-corrected chi connectivity index (χ4v) is 2.52. The molecule has 22 heavy (non-hydrogen) atoms. The molecule has 0 radical (unpaired) electrons. The second kappa shape index (κ2) is 7.79. The van der Waals surface area contributed by atoms with Crippen LogP contribution in [0, 0.1) is 0 Å². The van der Waals surface area contributed by atoms with Gasteiger partial charge in [-0.2, -0.15) is 0 Å². The summed E-state index contributed by atoms with van der Waals surface area (Å²) in [6.07, 6.45) is 1.68. The van der Waals surface area contributed by atoms with Crippen LogP contribution in [0.2, 0.25) is 0 Å². The second-order valence-corrected chi connectivity index (χ2v) is 5.61. The van der Waals surface area contributed by atoms with E-state index in [9.17, 15) is 4.79 Å². The van der Waals surface area contributed by atoms with E-state index < -0.39 is 6.35 Å². The number of carbonyl (C=O) groups is 1. The first-order valence-electron chi connectivity index (χ1n) is 7.56. The van der Waals surface area contributed by atoms with Crippen LogP contribution in [-0.4, -0.2) is 55.6 Å². The number of nitrogens with one attached hydrogen (secondary N) is 1. The maximum absolute atomic E-state index is 13.1. The average molecular weight is 304 g/mol. The van der Waals surface area contributed by atoms with Crippen molar-refractivity contribution >= 4 is 12.3 Å². The van der Waals surface area contributed by atoms with Crippen molar-refractivity contribution in [2.75, 3.05) is 27.2 Å². The van der Waals surface area contributed by atoms with Crippen molar-refractivity contribution in [3.8, 4) is 0 Å². The minimum Gasteiger partial charge on any atom is -0.439 e. The van der Waals surface area contributed by atoms with Crippen LogP contribution in [-0.2, 0) is 9.53 Å². The van der Waals surface area contributed by atoms with Gasteiger partial charge in [-0.15, -0.1) is 5.10 Å². The van der Waals surface area contributed by atoms with Crippen molar-refractivity contribution in [1.82, 2.24) is 15.2 Å². The summed E-state index contributed by atoms with van der Waals surface area (Å²) in [5.74, 6) is -0.182. The van der Waals surface area contributed by atoms with Gasteiger partial charge in [0.05, 0.1) is 5.92 Å². The SMILES string of the molecule is CCCN(C(=O)C(CN(C)C)c1ccccc1)C1NN=CO1. The summed E-state index contributed by atoms with van der Waals surface area (Å²) in [4.78, 5) is 16.8. The Kier molecular flexibility index (Phi) is 5.77. The molecule has 0 aromatic heterocycles. The van der Waals surface area contributed by atoms with Crippen molar-refractivity contribution in [3.63, 3.8) is 0 Å². The predicted molar refractivity (Wildman–Crippen MR) is 86.2 cm³/mol. The summed E-state index contributed by atoms with van der Waals surface area (Å²) in [6, 6.07) is 9.87. The van der Waals surface area contributed by atoms with E-state index in [1.807, 2.05) is 56.3 Å². The van der Waals surface area contributed by atoms with E-state index in [-0.39, 0.29) is 11.8 Å². The van der Waals surface area contributed by atoms with Crippen molar-refractivity contribution in [1.29, 1.82) is 0 Å². The van der Waals surface area contributed by atoms with Crippen molar-refractivity contribution in [2.45, 2.75) is 25.6 Å². The maximum Gasteiger partial charge on any atom is 0.269 e.